The van der Waals surface area contributed by atoms with Crippen molar-refractivity contribution in [2.75, 3.05) is 6.54 Å². The van der Waals surface area contributed by atoms with Gasteiger partial charge in [0.1, 0.15) is 0 Å². The Labute approximate surface area is 138 Å². The lowest BCUT2D eigenvalue weighted by molar-refractivity contribution is 0.603. The lowest BCUT2D eigenvalue weighted by Gasteiger charge is -2.21. The van der Waals surface area contributed by atoms with E-state index in [0.29, 0.717) is 0 Å². The number of halogens is 2. The molecule has 1 atom stereocenters. The number of hydrogen-bond acceptors (Lipinski definition) is 2. The van der Waals surface area contributed by atoms with Crippen molar-refractivity contribution < 1.29 is 0 Å². The van der Waals surface area contributed by atoms with Crippen molar-refractivity contribution in [3.63, 3.8) is 0 Å². The summed E-state index contributed by atoms with van der Waals surface area (Å²) >= 11 is 11.6. The third-order valence-corrected chi connectivity index (χ3v) is 5.43. The smallest absolute Gasteiger partial charge is 0.0702 e. The largest absolute Gasteiger partial charge is 0.306 e. The molecule has 1 N–H and O–H groups in total. The van der Waals surface area contributed by atoms with E-state index in [1.165, 1.54) is 19.8 Å². The average Bonchev–Trinajstić information content (AvgIpc) is 2.82. The van der Waals surface area contributed by atoms with Crippen LogP contribution in [0.25, 0.3) is 0 Å². The number of rotatable bonds is 5. The van der Waals surface area contributed by atoms with E-state index < -0.39 is 0 Å². The van der Waals surface area contributed by atoms with E-state index in [4.69, 9.17) is 11.6 Å². The van der Waals surface area contributed by atoms with Gasteiger partial charge in [-0.25, -0.2) is 0 Å². The van der Waals surface area contributed by atoms with Gasteiger partial charge in [0.25, 0.3) is 0 Å². The second-order valence-electron chi connectivity index (χ2n) is 4.99. The molecule has 2 aromatic rings. The first kappa shape index (κ1) is 16.0. The van der Waals surface area contributed by atoms with Crippen LogP contribution >= 0.6 is 38.9 Å². The minimum Gasteiger partial charge on any atom is -0.306 e. The molecule has 4 heteroatoms. The van der Waals surface area contributed by atoms with E-state index in [-0.39, 0.29) is 6.04 Å². The van der Waals surface area contributed by atoms with Gasteiger partial charge in [0, 0.05) is 9.90 Å². The Morgan fingerprint density at radius 1 is 1.25 bits per heavy atom. The Bertz CT molecular complexity index is 594. The lowest BCUT2D eigenvalue weighted by Crippen LogP contribution is -2.23. The molecule has 0 aliphatic rings. The van der Waals surface area contributed by atoms with Crippen LogP contribution in [0, 0.1) is 13.8 Å². The maximum absolute atomic E-state index is 6.22. The van der Waals surface area contributed by atoms with Crippen molar-refractivity contribution in [1.82, 2.24) is 5.32 Å². The van der Waals surface area contributed by atoms with E-state index in [1.807, 2.05) is 0 Å². The molecule has 0 bridgehead atoms. The van der Waals surface area contributed by atoms with Crippen molar-refractivity contribution in [3.8, 4) is 0 Å². The quantitative estimate of drug-likeness (QED) is 0.692. The van der Waals surface area contributed by atoms with E-state index in [0.717, 1.165) is 23.6 Å². The fourth-order valence-electron chi connectivity index (χ4n) is 2.25. The van der Waals surface area contributed by atoms with Crippen LogP contribution in [0.3, 0.4) is 0 Å². The number of thiophene rings is 1. The zero-order valence-electron chi connectivity index (χ0n) is 12.0. The predicted octanol–water partition coefficient (Wildman–Crippen LogP) is 5.87. The Morgan fingerprint density at radius 3 is 2.60 bits per heavy atom. The minimum absolute atomic E-state index is 0.238. The summed E-state index contributed by atoms with van der Waals surface area (Å²) in [6.45, 7) is 7.38. The molecule has 0 amide bonds. The third-order valence-electron chi connectivity index (χ3n) is 3.34. The number of nitrogens with one attached hydrogen (secondary N) is 1. The van der Waals surface area contributed by atoms with Gasteiger partial charge < -0.3 is 5.32 Å². The number of aryl methyl sites for hydroxylation is 2. The summed E-state index contributed by atoms with van der Waals surface area (Å²) in [5, 5.41) is 4.49. The molecule has 2 rings (SSSR count). The van der Waals surface area contributed by atoms with Crippen molar-refractivity contribution in [3.05, 3.63) is 54.6 Å². The van der Waals surface area contributed by atoms with Gasteiger partial charge in [-0.15, -0.1) is 11.3 Å². The van der Waals surface area contributed by atoms with Crippen LogP contribution in [-0.2, 0) is 0 Å². The first-order chi connectivity index (χ1) is 9.52. The zero-order chi connectivity index (χ0) is 14.7. The molecule has 0 aliphatic heterocycles. The normalized spacial score (nSPS) is 12.7. The summed E-state index contributed by atoms with van der Waals surface area (Å²) in [6, 6.07) is 8.81. The van der Waals surface area contributed by atoms with Crippen molar-refractivity contribution in [2.24, 2.45) is 0 Å². The lowest BCUT2D eigenvalue weighted by atomic mass is 9.97. The van der Waals surface area contributed by atoms with E-state index in [2.05, 4.69) is 66.3 Å². The topological polar surface area (TPSA) is 12.0 Å². The van der Waals surface area contributed by atoms with Gasteiger partial charge >= 0.3 is 0 Å². The van der Waals surface area contributed by atoms with Crippen molar-refractivity contribution in [1.29, 1.82) is 0 Å². The molecule has 0 saturated carbocycles. The zero-order valence-corrected chi connectivity index (χ0v) is 15.1. The fraction of sp³-hybridized carbons (Fsp3) is 0.375. The maximum atomic E-state index is 6.22. The average molecular weight is 373 g/mol. The summed E-state index contributed by atoms with van der Waals surface area (Å²) in [5.41, 5.74) is 3.68. The highest BCUT2D eigenvalue weighted by molar-refractivity contribution is 9.11. The van der Waals surface area contributed by atoms with Crippen LogP contribution in [0.15, 0.2) is 28.1 Å². The second-order valence-corrected chi connectivity index (χ2v) is 7.89. The summed E-state index contributed by atoms with van der Waals surface area (Å²) < 4.78 is 1.17. The van der Waals surface area contributed by atoms with Gasteiger partial charge in [0.05, 0.1) is 9.83 Å². The monoisotopic (exact) mass is 371 g/mol. The van der Waals surface area contributed by atoms with Gasteiger partial charge in [-0.2, -0.15) is 0 Å². The van der Waals surface area contributed by atoms with Crippen LogP contribution in [0.1, 0.15) is 41.0 Å². The van der Waals surface area contributed by atoms with E-state index >= 15 is 0 Å². The van der Waals surface area contributed by atoms with Crippen LogP contribution in [-0.4, -0.2) is 6.54 Å². The molecular formula is C16H19BrClNS. The van der Waals surface area contributed by atoms with Crippen LogP contribution in [0.5, 0.6) is 0 Å². The highest BCUT2D eigenvalue weighted by atomic mass is 79.9. The van der Waals surface area contributed by atoms with Crippen LogP contribution in [0.4, 0.5) is 0 Å². The molecule has 0 spiro atoms. The van der Waals surface area contributed by atoms with Crippen LogP contribution < -0.4 is 5.32 Å². The molecule has 1 heterocycles. The Balaban J connectivity index is 2.43. The molecule has 20 heavy (non-hydrogen) atoms. The summed E-state index contributed by atoms with van der Waals surface area (Å²) in [4.78, 5) is 1.33. The molecule has 0 fully saturated rings. The molecule has 0 saturated heterocycles. The van der Waals surface area contributed by atoms with Crippen molar-refractivity contribution in [2.45, 2.75) is 33.2 Å². The molecule has 0 aliphatic carbocycles. The minimum atomic E-state index is 0.238. The molecule has 1 aromatic carbocycles. The summed E-state index contributed by atoms with van der Waals surface area (Å²) in [5.74, 6) is 0. The number of hydrogen-bond donors (Lipinski definition) is 1. The summed E-state index contributed by atoms with van der Waals surface area (Å²) in [6.07, 6.45) is 1.12. The molecule has 0 radical (unpaired) electrons. The SMILES string of the molecule is CCCNC(c1ccc(Br)s1)c1cc(C)c(Cl)cc1C. The Kier molecular flexibility index (Phi) is 5.67. The molecule has 1 unspecified atom stereocenters. The van der Waals surface area contributed by atoms with Gasteiger partial charge in [0.2, 0.25) is 0 Å². The fourth-order valence-corrected chi connectivity index (χ4v) is 3.99. The number of benzene rings is 1. The molecular weight excluding hydrogens is 354 g/mol. The van der Waals surface area contributed by atoms with Gasteiger partial charge in [-0.1, -0.05) is 24.6 Å². The van der Waals surface area contributed by atoms with E-state index in [9.17, 15) is 0 Å². The highest BCUT2D eigenvalue weighted by Crippen LogP contribution is 2.34. The van der Waals surface area contributed by atoms with E-state index in [1.54, 1.807) is 11.3 Å². The van der Waals surface area contributed by atoms with Gasteiger partial charge in [-0.3, -0.25) is 0 Å². The summed E-state index contributed by atoms with van der Waals surface area (Å²) in [7, 11) is 0. The molecule has 108 valence electrons. The first-order valence-corrected chi connectivity index (χ1v) is 8.77. The van der Waals surface area contributed by atoms with Gasteiger partial charge in [0.15, 0.2) is 0 Å². The Hall–Kier alpha value is -0.350. The standard InChI is InChI=1S/C16H19BrClNS/c1-4-7-19-16(14-5-6-15(17)20-14)12-8-11(3)13(18)9-10(12)2/h5-6,8-9,16,19H,4,7H2,1-3H3. The highest BCUT2D eigenvalue weighted by Gasteiger charge is 2.18. The molecule has 1 aromatic heterocycles. The van der Waals surface area contributed by atoms with Gasteiger partial charge in [-0.05, 0) is 77.6 Å². The van der Waals surface area contributed by atoms with Crippen molar-refractivity contribution >= 4 is 38.9 Å². The third kappa shape index (κ3) is 3.64. The maximum Gasteiger partial charge on any atom is 0.0702 e. The molecule has 1 nitrogen and oxygen atoms in total. The second kappa shape index (κ2) is 7.08. The van der Waals surface area contributed by atoms with Crippen LogP contribution in [0.2, 0.25) is 5.02 Å². The first-order valence-electron chi connectivity index (χ1n) is 6.78. The predicted molar refractivity (Wildman–Crippen MR) is 93.1 cm³/mol. The Morgan fingerprint density at radius 2 is 2.00 bits per heavy atom.